The molecule has 0 radical (unpaired) electrons. The van der Waals surface area contributed by atoms with Crippen LogP contribution in [0, 0.1) is 0 Å². The molecule has 2 rings (SSSR count). The van der Waals surface area contributed by atoms with Crippen LogP contribution in [-0.4, -0.2) is 29.0 Å². The highest BCUT2D eigenvalue weighted by molar-refractivity contribution is 9.10. The predicted molar refractivity (Wildman–Crippen MR) is 66.8 cm³/mol. The van der Waals surface area contributed by atoms with Gasteiger partial charge >= 0.3 is 6.03 Å². The van der Waals surface area contributed by atoms with Gasteiger partial charge in [-0.2, -0.15) is 0 Å². The predicted octanol–water partition coefficient (Wildman–Crippen LogP) is 3.13. The number of pyridine rings is 1. The number of hydrogen-bond donors (Lipinski definition) is 1. The van der Waals surface area contributed by atoms with Crippen LogP contribution in [0.2, 0.25) is 5.02 Å². The second-order valence-corrected chi connectivity index (χ2v) is 4.84. The van der Waals surface area contributed by atoms with Gasteiger partial charge in [0.05, 0.1) is 21.4 Å². The zero-order valence-electron chi connectivity index (χ0n) is 8.54. The molecule has 1 aromatic rings. The maximum atomic E-state index is 11.8. The molecule has 0 unspecified atom stereocenters. The number of nitrogens with one attached hydrogen (secondary N) is 1. The third kappa shape index (κ3) is 2.47. The average Bonchev–Trinajstić information content (AvgIpc) is 2.78. The highest BCUT2D eigenvalue weighted by Crippen LogP contribution is 2.29. The SMILES string of the molecule is O=C(Nc1cncc(Br)c1Cl)N1CCCC1. The Morgan fingerprint density at radius 1 is 1.44 bits per heavy atom. The van der Waals surface area contributed by atoms with Crippen LogP contribution in [0.1, 0.15) is 12.8 Å². The van der Waals surface area contributed by atoms with Gasteiger partial charge in [0.15, 0.2) is 0 Å². The number of aromatic nitrogens is 1. The molecule has 0 atom stereocenters. The molecular formula is C10H11BrClN3O. The number of rotatable bonds is 1. The van der Waals surface area contributed by atoms with Gasteiger partial charge in [0.25, 0.3) is 0 Å². The van der Waals surface area contributed by atoms with Crippen LogP contribution >= 0.6 is 27.5 Å². The smallest absolute Gasteiger partial charge is 0.321 e. The Labute approximate surface area is 107 Å². The molecule has 6 heteroatoms. The van der Waals surface area contributed by atoms with Crippen molar-refractivity contribution in [1.29, 1.82) is 0 Å². The van der Waals surface area contributed by atoms with Gasteiger partial charge in [-0.15, -0.1) is 0 Å². The zero-order valence-corrected chi connectivity index (χ0v) is 10.9. The fourth-order valence-electron chi connectivity index (χ4n) is 1.62. The minimum atomic E-state index is -0.112. The fraction of sp³-hybridized carbons (Fsp3) is 0.400. The summed E-state index contributed by atoms with van der Waals surface area (Å²) in [5.41, 5.74) is 0.535. The van der Waals surface area contributed by atoms with Crippen LogP contribution < -0.4 is 5.32 Å². The Morgan fingerprint density at radius 2 is 2.12 bits per heavy atom. The number of urea groups is 1. The molecular weight excluding hydrogens is 293 g/mol. The normalized spacial score (nSPS) is 15.2. The first-order valence-electron chi connectivity index (χ1n) is 5.03. The summed E-state index contributed by atoms with van der Waals surface area (Å²) in [7, 11) is 0. The van der Waals surface area contributed by atoms with E-state index >= 15 is 0 Å². The molecule has 0 bridgehead atoms. The van der Waals surface area contributed by atoms with E-state index in [0.29, 0.717) is 15.2 Å². The number of hydrogen-bond acceptors (Lipinski definition) is 2. The third-order valence-corrected chi connectivity index (χ3v) is 3.71. The number of likely N-dealkylation sites (tertiary alicyclic amines) is 1. The summed E-state index contributed by atoms with van der Waals surface area (Å²) < 4.78 is 0.674. The Hall–Kier alpha value is -0.810. The highest BCUT2D eigenvalue weighted by atomic mass is 79.9. The maximum Gasteiger partial charge on any atom is 0.321 e. The van der Waals surface area contributed by atoms with E-state index in [9.17, 15) is 4.79 Å². The maximum absolute atomic E-state index is 11.8. The zero-order chi connectivity index (χ0) is 11.5. The summed E-state index contributed by atoms with van der Waals surface area (Å²) in [4.78, 5) is 17.5. The minimum absolute atomic E-state index is 0.112. The molecule has 86 valence electrons. The average molecular weight is 305 g/mol. The molecule has 1 fully saturated rings. The van der Waals surface area contributed by atoms with E-state index in [4.69, 9.17) is 11.6 Å². The Kier molecular flexibility index (Phi) is 3.66. The summed E-state index contributed by atoms with van der Waals surface area (Å²) in [5.74, 6) is 0. The fourth-order valence-corrected chi connectivity index (χ4v) is 2.10. The van der Waals surface area contributed by atoms with Crippen LogP contribution in [0.5, 0.6) is 0 Å². The van der Waals surface area contributed by atoms with Gasteiger partial charge in [-0.3, -0.25) is 4.98 Å². The first-order valence-corrected chi connectivity index (χ1v) is 6.20. The lowest BCUT2D eigenvalue weighted by molar-refractivity contribution is 0.222. The van der Waals surface area contributed by atoms with Crippen LogP contribution in [-0.2, 0) is 0 Å². The Bertz CT molecular complexity index is 407. The van der Waals surface area contributed by atoms with E-state index in [2.05, 4.69) is 26.2 Å². The summed E-state index contributed by atoms with van der Waals surface area (Å²) in [5, 5.41) is 3.23. The van der Waals surface area contributed by atoms with E-state index in [0.717, 1.165) is 25.9 Å². The van der Waals surface area contributed by atoms with E-state index < -0.39 is 0 Å². The lowest BCUT2D eigenvalue weighted by atomic mass is 10.4. The van der Waals surface area contributed by atoms with Crippen molar-refractivity contribution in [2.24, 2.45) is 0 Å². The molecule has 0 spiro atoms. The highest BCUT2D eigenvalue weighted by Gasteiger charge is 2.18. The van der Waals surface area contributed by atoms with Gasteiger partial charge in [0.1, 0.15) is 0 Å². The molecule has 1 aromatic heterocycles. The van der Waals surface area contributed by atoms with Crippen molar-refractivity contribution in [2.75, 3.05) is 18.4 Å². The summed E-state index contributed by atoms with van der Waals surface area (Å²) in [6.45, 7) is 1.62. The number of carbonyl (C=O) groups excluding carboxylic acids is 1. The quantitative estimate of drug-likeness (QED) is 0.866. The van der Waals surface area contributed by atoms with Crippen molar-refractivity contribution in [2.45, 2.75) is 12.8 Å². The van der Waals surface area contributed by atoms with Gasteiger partial charge in [-0.1, -0.05) is 11.6 Å². The second-order valence-electron chi connectivity index (χ2n) is 3.61. The van der Waals surface area contributed by atoms with Crippen LogP contribution in [0.4, 0.5) is 10.5 Å². The molecule has 4 nitrogen and oxygen atoms in total. The standard InChI is InChI=1S/C10H11BrClN3O/c11-7-5-13-6-8(9(7)12)14-10(16)15-3-1-2-4-15/h5-6H,1-4H2,(H,14,16). The molecule has 2 heterocycles. The molecule has 1 aliphatic heterocycles. The summed E-state index contributed by atoms with van der Waals surface area (Å²) >= 11 is 9.28. The minimum Gasteiger partial charge on any atom is -0.325 e. The van der Waals surface area contributed by atoms with E-state index in [1.165, 1.54) is 0 Å². The molecule has 1 N–H and O–H groups in total. The second kappa shape index (κ2) is 5.01. The molecule has 0 saturated carbocycles. The monoisotopic (exact) mass is 303 g/mol. The largest absolute Gasteiger partial charge is 0.325 e. The third-order valence-electron chi connectivity index (χ3n) is 2.47. The molecule has 2 amide bonds. The van der Waals surface area contributed by atoms with Crippen molar-refractivity contribution in [1.82, 2.24) is 9.88 Å². The Morgan fingerprint density at radius 3 is 2.81 bits per heavy atom. The van der Waals surface area contributed by atoms with Crippen molar-refractivity contribution in [3.8, 4) is 0 Å². The molecule has 16 heavy (non-hydrogen) atoms. The van der Waals surface area contributed by atoms with Gasteiger partial charge < -0.3 is 10.2 Å². The van der Waals surface area contributed by atoms with Gasteiger partial charge in [0, 0.05) is 19.3 Å². The Balaban J connectivity index is 2.08. The molecule has 1 saturated heterocycles. The summed E-state index contributed by atoms with van der Waals surface area (Å²) in [6.07, 6.45) is 5.27. The topological polar surface area (TPSA) is 45.2 Å². The number of carbonyl (C=O) groups is 1. The first kappa shape index (κ1) is 11.7. The number of halogens is 2. The van der Waals surface area contributed by atoms with Crippen molar-refractivity contribution in [3.63, 3.8) is 0 Å². The van der Waals surface area contributed by atoms with E-state index in [-0.39, 0.29) is 6.03 Å². The molecule has 0 aliphatic carbocycles. The number of nitrogens with zero attached hydrogens (tertiary/aromatic N) is 2. The number of anilines is 1. The van der Waals surface area contributed by atoms with Gasteiger partial charge in [0.2, 0.25) is 0 Å². The molecule has 1 aliphatic rings. The van der Waals surface area contributed by atoms with Gasteiger partial charge in [-0.25, -0.2) is 4.79 Å². The van der Waals surface area contributed by atoms with Gasteiger partial charge in [-0.05, 0) is 28.8 Å². The van der Waals surface area contributed by atoms with E-state index in [1.807, 2.05) is 0 Å². The van der Waals surface area contributed by atoms with E-state index in [1.54, 1.807) is 17.3 Å². The first-order chi connectivity index (χ1) is 7.68. The lowest BCUT2D eigenvalue weighted by Gasteiger charge is -2.16. The van der Waals surface area contributed by atoms with Crippen molar-refractivity contribution in [3.05, 3.63) is 21.9 Å². The lowest BCUT2D eigenvalue weighted by Crippen LogP contribution is -2.32. The van der Waals surface area contributed by atoms with Crippen molar-refractivity contribution >= 4 is 39.2 Å². The molecule has 0 aromatic carbocycles. The van der Waals surface area contributed by atoms with Crippen LogP contribution in [0.15, 0.2) is 16.9 Å². The van der Waals surface area contributed by atoms with Crippen molar-refractivity contribution < 1.29 is 4.79 Å². The van der Waals surface area contributed by atoms with Crippen LogP contribution in [0.3, 0.4) is 0 Å². The van der Waals surface area contributed by atoms with Crippen LogP contribution in [0.25, 0.3) is 0 Å². The number of amides is 2. The summed E-state index contributed by atoms with van der Waals surface area (Å²) in [6, 6.07) is -0.112.